The first-order valence-corrected chi connectivity index (χ1v) is 12.8. The molecule has 33 heavy (non-hydrogen) atoms. The molecule has 1 fully saturated rings. The lowest BCUT2D eigenvalue weighted by atomic mass is 9.86. The minimum atomic E-state index is -3.71. The van der Waals surface area contributed by atoms with Crippen molar-refractivity contribution in [3.63, 3.8) is 0 Å². The molecule has 0 saturated carbocycles. The number of piperidine rings is 1. The van der Waals surface area contributed by atoms with Crippen LogP contribution in [0.5, 0.6) is 0 Å². The number of carbonyl (C=O) groups excluding carboxylic acids is 2. The summed E-state index contributed by atoms with van der Waals surface area (Å²) in [5, 5.41) is 3.05. The molecule has 2 aromatic rings. The molecule has 1 atom stereocenters. The SMILES string of the molecule is CC(NC(=O)C1CCN(S(=O)(=O)c2ccc3c(c2)C(C)(C)C(=O)N3C)CC1)c1ccccc1. The van der Waals surface area contributed by atoms with Crippen LogP contribution in [-0.4, -0.2) is 44.7 Å². The summed E-state index contributed by atoms with van der Waals surface area (Å²) in [6.45, 7) is 6.16. The minimum absolute atomic E-state index is 0.0377. The normalized spacial score (nSPS) is 19.9. The molecule has 0 spiro atoms. The van der Waals surface area contributed by atoms with Gasteiger partial charge in [0, 0.05) is 31.7 Å². The molecule has 1 N–H and O–H groups in total. The molecule has 7 nitrogen and oxygen atoms in total. The highest BCUT2D eigenvalue weighted by molar-refractivity contribution is 7.89. The van der Waals surface area contributed by atoms with Crippen LogP contribution in [0, 0.1) is 5.92 Å². The fourth-order valence-electron chi connectivity index (χ4n) is 4.78. The van der Waals surface area contributed by atoms with Crippen molar-refractivity contribution in [3.8, 4) is 0 Å². The van der Waals surface area contributed by atoms with Gasteiger partial charge in [-0.2, -0.15) is 4.31 Å². The van der Waals surface area contributed by atoms with Gasteiger partial charge in [-0.05, 0) is 62.9 Å². The number of amides is 2. The van der Waals surface area contributed by atoms with E-state index in [2.05, 4.69) is 5.32 Å². The topological polar surface area (TPSA) is 86.8 Å². The number of hydrogen-bond donors (Lipinski definition) is 1. The van der Waals surface area contributed by atoms with Crippen molar-refractivity contribution in [1.29, 1.82) is 0 Å². The van der Waals surface area contributed by atoms with E-state index in [9.17, 15) is 18.0 Å². The fraction of sp³-hybridized carbons (Fsp3) is 0.440. The second-order valence-electron chi connectivity index (χ2n) is 9.49. The molecule has 8 heteroatoms. The highest BCUT2D eigenvalue weighted by Gasteiger charge is 2.43. The third-order valence-electron chi connectivity index (χ3n) is 6.96. The van der Waals surface area contributed by atoms with Gasteiger partial charge in [0.25, 0.3) is 0 Å². The maximum Gasteiger partial charge on any atom is 0.243 e. The van der Waals surface area contributed by atoms with Gasteiger partial charge >= 0.3 is 0 Å². The summed E-state index contributed by atoms with van der Waals surface area (Å²) in [7, 11) is -2.01. The van der Waals surface area contributed by atoms with Gasteiger partial charge in [0.1, 0.15) is 0 Å². The van der Waals surface area contributed by atoms with Crippen molar-refractivity contribution in [3.05, 3.63) is 59.7 Å². The van der Waals surface area contributed by atoms with Gasteiger partial charge in [-0.3, -0.25) is 9.59 Å². The lowest BCUT2D eigenvalue weighted by molar-refractivity contribution is -0.126. The molecular weight excluding hydrogens is 438 g/mol. The number of benzene rings is 2. The number of nitrogens with zero attached hydrogens (tertiary/aromatic N) is 2. The number of rotatable bonds is 5. The Labute approximate surface area is 195 Å². The zero-order chi connectivity index (χ0) is 24.0. The quantitative estimate of drug-likeness (QED) is 0.729. The molecule has 2 aliphatic rings. The second-order valence-corrected chi connectivity index (χ2v) is 11.4. The first-order valence-electron chi connectivity index (χ1n) is 11.3. The maximum absolute atomic E-state index is 13.3. The van der Waals surface area contributed by atoms with Crippen LogP contribution >= 0.6 is 0 Å². The summed E-state index contributed by atoms with van der Waals surface area (Å²) in [5.74, 6) is -0.305. The molecule has 4 rings (SSSR count). The van der Waals surface area contributed by atoms with Crippen LogP contribution in [0.2, 0.25) is 0 Å². The summed E-state index contributed by atoms with van der Waals surface area (Å²) >= 11 is 0. The third kappa shape index (κ3) is 4.17. The Balaban J connectivity index is 1.43. The summed E-state index contributed by atoms with van der Waals surface area (Å²) < 4.78 is 28.1. The van der Waals surface area contributed by atoms with E-state index in [1.807, 2.05) is 51.1 Å². The predicted octanol–water partition coefficient (Wildman–Crippen LogP) is 3.22. The average Bonchev–Trinajstić information content (AvgIpc) is 2.99. The molecule has 2 heterocycles. The Kier molecular flexibility index (Phi) is 6.09. The van der Waals surface area contributed by atoms with Gasteiger partial charge in [-0.15, -0.1) is 0 Å². The van der Waals surface area contributed by atoms with Crippen molar-refractivity contribution in [1.82, 2.24) is 9.62 Å². The zero-order valence-corrected chi connectivity index (χ0v) is 20.4. The first kappa shape index (κ1) is 23.4. The molecule has 176 valence electrons. The number of hydrogen-bond acceptors (Lipinski definition) is 4. The molecule has 2 amide bonds. The van der Waals surface area contributed by atoms with Crippen LogP contribution in [0.15, 0.2) is 53.4 Å². The van der Waals surface area contributed by atoms with E-state index >= 15 is 0 Å². The molecule has 0 radical (unpaired) electrons. The van der Waals surface area contributed by atoms with Crippen LogP contribution in [0.25, 0.3) is 0 Å². The number of likely N-dealkylation sites (N-methyl/N-ethyl adjacent to an activating group) is 1. The van der Waals surface area contributed by atoms with Crippen molar-refractivity contribution in [2.75, 3.05) is 25.0 Å². The molecule has 1 unspecified atom stereocenters. The van der Waals surface area contributed by atoms with E-state index in [1.54, 1.807) is 30.1 Å². The van der Waals surface area contributed by atoms with Crippen LogP contribution in [-0.2, 0) is 25.0 Å². The summed E-state index contributed by atoms with van der Waals surface area (Å²) in [6.07, 6.45) is 0.953. The van der Waals surface area contributed by atoms with Gasteiger partial charge in [0.2, 0.25) is 21.8 Å². The highest BCUT2D eigenvalue weighted by atomic mass is 32.2. The highest BCUT2D eigenvalue weighted by Crippen LogP contribution is 2.42. The van der Waals surface area contributed by atoms with Crippen molar-refractivity contribution in [2.45, 2.75) is 50.0 Å². The lowest BCUT2D eigenvalue weighted by Gasteiger charge is -2.31. The van der Waals surface area contributed by atoms with Crippen LogP contribution < -0.4 is 10.2 Å². The zero-order valence-electron chi connectivity index (χ0n) is 19.5. The predicted molar refractivity (Wildman–Crippen MR) is 127 cm³/mol. The van der Waals surface area contributed by atoms with Gasteiger partial charge < -0.3 is 10.2 Å². The van der Waals surface area contributed by atoms with Crippen LogP contribution in [0.4, 0.5) is 5.69 Å². The standard InChI is InChI=1S/C25H31N3O4S/c1-17(18-8-6-5-7-9-18)26-23(29)19-12-14-28(15-13-19)33(31,32)20-10-11-22-21(16-20)25(2,3)24(30)27(22)4/h5-11,16-17,19H,12-15H2,1-4H3,(H,26,29). The number of anilines is 1. The van der Waals surface area contributed by atoms with Crippen molar-refractivity contribution in [2.24, 2.45) is 5.92 Å². The first-order chi connectivity index (χ1) is 15.5. The number of sulfonamides is 1. The van der Waals surface area contributed by atoms with E-state index in [0.29, 0.717) is 25.9 Å². The van der Waals surface area contributed by atoms with E-state index in [4.69, 9.17) is 0 Å². The van der Waals surface area contributed by atoms with E-state index in [0.717, 1.165) is 16.8 Å². The van der Waals surface area contributed by atoms with Crippen LogP contribution in [0.3, 0.4) is 0 Å². The van der Waals surface area contributed by atoms with Crippen molar-refractivity contribution < 1.29 is 18.0 Å². The number of fused-ring (bicyclic) bond motifs is 1. The molecular formula is C25H31N3O4S. The monoisotopic (exact) mass is 469 g/mol. The van der Waals surface area contributed by atoms with Crippen molar-refractivity contribution >= 4 is 27.5 Å². The lowest BCUT2D eigenvalue weighted by Crippen LogP contribution is -2.43. The van der Waals surface area contributed by atoms with E-state index in [1.165, 1.54) is 4.31 Å². The third-order valence-corrected chi connectivity index (χ3v) is 8.86. The molecule has 0 aliphatic carbocycles. The largest absolute Gasteiger partial charge is 0.349 e. The summed E-state index contributed by atoms with van der Waals surface area (Å²) in [5.41, 5.74) is 1.73. The summed E-state index contributed by atoms with van der Waals surface area (Å²) in [4.78, 5) is 27.1. The van der Waals surface area contributed by atoms with Gasteiger partial charge in [0.15, 0.2) is 0 Å². The molecule has 0 aromatic heterocycles. The second kappa shape index (κ2) is 8.57. The molecule has 1 saturated heterocycles. The smallest absolute Gasteiger partial charge is 0.243 e. The Morgan fingerprint density at radius 2 is 1.73 bits per heavy atom. The number of carbonyl (C=O) groups is 2. The average molecular weight is 470 g/mol. The summed E-state index contributed by atoms with van der Waals surface area (Å²) in [6, 6.07) is 14.6. The Hall–Kier alpha value is -2.71. The molecule has 2 aliphatic heterocycles. The van der Waals surface area contributed by atoms with E-state index in [-0.39, 0.29) is 28.7 Å². The number of nitrogens with one attached hydrogen (secondary N) is 1. The maximum atomic E-state index is 13.3. The Bertz CT molecular complexity index is 1170. The van der Waals surface area contributed by atoms with Crippen LogP contribution in [0.1, 0.15) is 50.8 Å². The fourth-order valence-corrected chi connectivity index (χ4v) is 6.27. The Morgan fingerprint density at radius 1 is 1.09 bits per heavy atom. The van der Waals surface area contributed by atoms with Gasteiger partial charge in [-0.1, -0.05) is 30.3 Å². The van der Waals surface area contributed by atoms with E-state index < -0.39 is 15.4 Å². The van der Waals surface area contributed by atoms with Gasteiger partial charge in [-0.25, -0.2) is 8.42 Å². The van der Waals surface area contributed by atoms with Gasteiger partial charge in [0.05, 0.1) is 16.4 Å². The molecule has 0 bridgehead atoms. The molecule has 2 aromatic carbocycles. The minimum Gasteiger partial charge on any atom is -0.349 e. The Morgan fingerprint density at radius 3 is 2.36 bits per heavy atom.